The zero-order valence-electron chi connectivity index (χ0n) is 13.8. The van der Waals surface area contributed by atoms with Crippen LogP contribution in [0.1, 0.15) is 12.0 Å². The average molecular weight is 334 g/mol. The number of carbonyl (C=O) groups excluding carboxylic acids is 2. The Balaban J connectivity index is 1.40. The summed E-state index contributed by atoms with van der Waals surface area (Å²) in [6, 6.07) is 17.0. The number of amides is 2. The van der Waals surface area contributed by atoms with Crippen LogP contribution in [0.3, 0.4) is 0 Å². The molecule has 1 saturated heterocycles. The second-order valence-corrected chi connectivity index (χ2v) is 6.35. The fraction of sp³-hybridized carbons (Fsp3) is 0.200. The molecule has 1 aliphatic rings. The van der Waals surface area contributed by atoms with Gasteiger partial charge < -0.3 is 10.3 Å². The number of hydrogen-bond acceptors (Lipinski definition) is 2. The number of benzene rings is 2. The summed E-state index contributed by atoms with van der Waals surface area (Å²) in [4.78, 5) is 29.4. The van der Waals surface area contributed by atoms with Crippen LogP contribution in [0, 0.1) is 0 Å². The molecule has 1 fully saturated rings. The molecular formula is C20H20N3O2+. The van der Waals surface area contributed by atoms with Gasteiger partial charge in [-0.3, -0.25) is 9.59 Å². The van der Waals surface area contributed by atoms with Crippen molar-refractivity contribution in [2.45, 2.75) is 18.9 Å². The lowest BCUT2D eigenvalue weighted by Crippen LogP contribution is -2.92. The highest BCUT2D eigenvalue weighted by Crippen LogP contribution is 2.21. The second kappa shape index (κ2) is 6.53. The first kappa shape index (κ1) is 15.6. The first-order valence-electron chi connectivity index (χ1n) is 8.54. The number of aromatic amines is 1. The second-order valence-electron chi connectivity index (χ2n) is 6.35. The summed E-state index contributed by atoms with van der Waals surface area (Å²) < 4.78 is 0. The van der Waals surface area contributed by atoms with Crippen molar-refractivity contribution in [3.63, 3.8) is 0 Å². The molecule has 126 valence electrons. The molecule has 4 rings (SSSR count). The van der Waals surface area contributed by atoms with Crippen molar-refractivity contribution >= 4 is 28.4 Å². The number of fused-ring (bicyclic) bond motifs is 1. The Morgan fingerprint density at radius 1 is 1.04 bits per heavy atom. The summed E-state index contributed by atoms with van der Waals surface area (Å²) in [5, 5.41) is 3.21. The Bertz CT molecular complexity index is 917. The topological polar surface area (TPSA) is 69.8 Å². The predicted octanol–water partition coefficient (Wildman–Crippen LogP) is 1.61. The Kier molecular flexibility index (Phi) is 4.07. The molecule has 1 aromatic heterocycles. The molecule has 1 aliphatic heterocycles. The number of anilines is 1. The molecule has 0 bridgehead atoms. The molecule has 5 heteroatoms. The summed E-state index contributed by atoms with van der Waals surface area (Å²) in [5.41, 5.74) is 3.02. The van der Waals surface area contributed by atoms with Crippen molar-refractivity contribution in [2.24, 2.45) is 0 Å². The molecule has 2 aromatic carbocycles. The lowest BCUT2D eigenvalue weighted by Gasteiger charge is -2.13. The van der Waals surface area contributed by atoms with Crippen LogP contribution >= 0.6 is 0 Å². The van der Waals surface area contributed by atoms with Crippen molar-refractivity contribution in [3.05, 3.63) is 66.4 Å². The Labute approximate surface area is 145 Å². The number of nitrogens with two attached hydrogens (primary N) is 1. The van der Waals surface area contributed by atoms with Crippen LogP contribution in [-0.4, -0.2) is 29.4 Å². The van der Waals surface area contributed by atoms with E-state index in [0.29, 0.717) is 5.69 Å². The number of para-hydroxylation sites is 2. The molecule has 0 radical (unpaired) electrons. The highest BCUT2D eigenvalue weighted by Gasteiger charge is 2.41. The molecule has 1 atom stereocenters. The lowest BCUT2D eigenvalue weighted by molar-refractivity contribution is -0.674. The quantitative estimate of drug-likeness (QED) is 0.696. The van der Waals surface area contributed by atoms with Gasteiger partial charge in [0.1, 0.15) is 0 Å². The van der Waals surface area contributed by atoms with Crippen LogP contribution in [0.15, 0.2) is 60.8 Å². The van der Waals surface area contributed by atoms with Crippen molar-refractivity contribution in [2.75, 3.05) is 11.4 Å². The summed E-state index contributed by atoms with van der Waals surface area (Å²) in [6.45, 7) is 0.772. The van der Waals surface area contributed by atoms with Gasteiger partial charge in [-0.15, -0.1) is 0 Å². The number of nitrogens with zero attached hydrogens (tertiary/aromatic N) is 1. The number of H-pyrrole nitrogens is 1. The number of rotatable bonds is 5. The van der Waals surface area contributed by atoms with E-state index < -0.39 is 0 Å². The highest BCUT2D eigenvalue weighted by molar-refractivity contribution is 6.21. The molecule has 2 heterocycles. The normalized spacial score (nSPS) is 17.6. The van der Waals surface area contributed by atoms with Crippen molar-refractivity contribution in [1.29, 1.82) is 0 Å². The van der Waals surface area contributed by atoms with Crippen LogP contribution in [0.5, 0.6) is 0 Å². The first-order chi connectivity index (χ1) is 12.2. The zero-order chi connectivity index (χ0) is 17.2. The third-order valence-corrected chi connectivity index (χ3v) is 4.74. The van der Waals surface area contributed by atoms with Crippen molar-refractivity contribution in [3.8, 4) is 0 Å². The van der Waals surface area contributed by atoms with Gasteiger partial charge in [0.2, 0.25) is 5.91 Å². The van der Waals surface area contributed by atoms with E-state index in [9.17, 15) is 9.59 Å². The maximum absolute atomic E-state index is 12.6. The van der Waals surface area contributed by atoms with Crippen LogP contribution in [0.2, 0.25) is 0 Å². The summed E-state index contributed by atoms with van der Waals surface area (Å²) in [6.07, 6.45) is 3.14. The van der Waals surface area contributed by atoms with Crippen LogP contribution in [0.4, 0.5) is 5.69 Å². The standard InChI is InChI=1S/C20H19N3O2/c24-19-12-18(20(25)23(19)15-6-2-1-3-7-15)21-11-10-14-13-22-17-9-5-4-8-16(14)17/h1-9,13,18,21-22H,10-12H2/p+1/t18-/m0/s1. The smallest absolute Gasteiger partial charge is 0.292 e. The number of imide groups is 1. The van der Waals surface area contributed by atoms with Crippen LogP contribution in [-0.2, 0) is 16.0 Å². The van der Waals surface area contributed by atoms with E-state index in [1.807, 2.05) is 41.8 Å². The monoisotopic (exact) mass is 334 g/mol. The fourth-order valence-corrected chi connectivity index (χ4v) is 3.47. The maximum Gasteiger partial charge on any atom is 0.292 e. The molecule has 2 amide bonds. The molecule has 3 N–H and O–H groups in total. The summed E-state index contributed by atoms with van der Waals surface area (Å²) in [7, 11) is 0. The number of hydrogen-bond donors (Lipinski definition) is 2. The average Bonchev–Trinajstić information content (AvgIpc) is 3.17. The third kappa shape index (κ3) is 2.94. The number of nitrogens with one attached hydrogen (secondary N) is 1. The van der Waals surface area contributed by atoms with Gasteiger partial charge in [0, 0.05) is 23.5 Å². The molecule has 3 aromatic rings. The van der Waals surface area contributed by atoms with E-state index in [2.05, 4.69) is 17.1 Å². The molecular weight excluding hydrogens is 314 g/mol. The van der Waals surface area contributed by atoms with E-state index in [1.54, 1.807) is 12.1 Å². The van der Waals surface area contributed by atoms with E-state index in [0.717, 1.165) is 18.5 Å². The summed E-state index contributed by atoms with van der Waals surface area (Å²) in [5.74, 6) is -0.236. The SMILES string of the molecule is O=C1C[C@H]([NH2+]CCc2c[nH]c3ccccc23)C(=O)N1c1ccccc1. The minimum absolute atomic E-state index is 0.116. The minimum Gasteiger partial charge on any atom is -0.361 e. The van der Waals surface area contributed by atoms with E-state index >= 15 is 0 Å². The zero-order valence-corrected chi connectivity index (χ0v) is 13.8. The van der Waals surface area contributed by atoms with Gasteiger partial charge in [0.25, 0.3) is 5.91 Å². The Morgan fingerprint density at radius 2 is 1.80 bits per heavy atom. The maximum atomic E-state index is 12.6. The first-order valence-corrected chi connectivity index (χ1v) is 8.54. The van der Waals surface area contributed by atoms with Crippen molar-refractivity contribution in [1.82, 2.24) is 4.98 Å². The number of quaternary nitrogens is 1. The summed E-state index contributed by atoms with van der Waals surface area (Å²) >= 11 is 0. The van der Waals surface area contributed by atoms with Gasteiger partial charge in [-0.25, -0.2) is 4.90 Å². The van der Waals surface area contributed by atoms with Crippen molar-refractivity contribution < 1.29 is 14.9 Å². The molecule has 0 aliphatic carbocycles. The molecule has 0 spiro atoms. The van der Waals surface area contributed by atoms with Gasteiger partial charge >= 0.3 is 0 Å². The Hall–Kier alpha value is -2.92. The third-order valence-electron chi connectivity index (χ3n) is 4.74. The molecule has 0 unspecified atom stereocenters. The highest BCUT2D eigenvalue weighted by atomic mass is 16.2. The van der Waals surface area contributed by atoms with Gasteiger partial charge in [-0.05, 0) is 23.8 Å². The largest absolute Gasteiger partial charge is 0.361 e. The number of carbonyl (C=O) groups is 2. The molecule has 25 heavy (non-hydrogen) atoms. The lowest BCUT2D eigenvalue weighted by atomic mass is 10.1. The fourth-order valence-electron chi connectivity index (χ4n) is 3.47. The van der Waals surface area contributed by atoms with E-state index in [4.69, 9.17) is 0 Å². The van der Waals surface area contributed by atoms with E-state index in [-0.39, 0.29) is 24.3 Å². The van der Waals surface area contributed by atoms with Gasteiger partial charge in [-0.1, -0.05) is 36.4 Å². The molecule has 5 nitrogen and oxygen atoms in total. The predicted molar refractivity (Wildman–Crippen MR) is 96.1 cm³/mol. The van der Waals surface area contributed by atoms with Gasteiger partial charge in [0.15, 0.2) is 6.04 Å². The van der Waals surface area contributed by atoms with Gasteiger partial charge in [-0.2, -0.15) is 0 Å². The van der Waals surface area contributed by atoms with E-state index in [1.165, 1.54) is 15.8 Å². The van der Waals surface area contributed by atoms with Crippen LogP contribution < -0.4 is 10.2 Å². The Morgan fingerprint density at radius 3 is 2.64 bits per heavy atom. The molecule has 0 saturated carbocycles. The number of aromatic nitrogens is 1. The van der Waals surface area contributed by atoms with Gasteiger partial charge in [0.05, 0.1) is 18.7 Å². The van der Waals surface area contributed by atoms with Crippen LogP contribution in [0.25, 0.3) is 10.9 Å². The minimum atomic E-state index is -0.321.